The first-order valence-electron chi connectivity index (χ1n) is 7.48. The number of rotatable bonds is 6. The van der Waals surface area contributed by atoms with Crippen LogP contribution in [0.25, 0.3) is 0 Å². The van der Waals surface area contributed by atoms with Crippen LogP contribution in [0.2, 0.25) is 0 Å². The number of nitrogens with one attached hydrogen (secondary N) is 1. The molecule has 1 saturated carbocycles. The average Bonchev–Trinajstić information content (AvgIpc) is 3.24. The number of hydrogen-bond donors (Lipinski definition) is 1. The number of alkyl halides is 5. The van der Waals surface area contributed by atoms with Gasteiger partial charge in [-0.2, -0.15) is 13.2 Å². The number of aromatic nitrogens is 2. The Balaban J connectivity index is 0.00000261. The molecule has 0 bridgehead atoms. The third kappa shape index (κ3) is 5.91. The molecule has 0 saturated heterocycles. The van der Waals surface area contributed by atoms with Crippen LogP contribution in [0.15, 0.2) is 23.8 Å². The minimum absolute atomic E-state index is 0. The molecule has 0 aromatic carbocycles. The van der Waals surface area contributed by atoms with E-state index in [1.807, 2.05) is 0 Å². The summed E-state index contributed by atoms with van der Waals surface area (Å²) in [5.74, 6) is -2.44. The Morgan fingerprint density at radius 2 is 2.00 bits per heavy atom. The third-order valence-electron chi connectivity index (χ3n) is 3.69. The maximum absolute atomic E-state index is 13.3. The molecule has 0 unspecified atom stereocenters. The number of esters is 1. The fourth-order valence-electron chi connectivity index (χ4n) is 2.32. The number of thiazole rings is 1. The van der Waals surface area contributed by atoms with Crippen molar-refractivity contribution in [2.45, 2.75) is 31.5 Å². The van der Waals surface area contributed by atoms with E-state index >= 15 is 0 Å². The van der Waals surface area contributed by atoms with Crippen LogP contribution in [0, 0.1) is 5.92 Å². The molecular formula is C15H13F5KN3O2S. The summed E-state index contributed by atoms with van der Waals surface area (Å²) >= 11 is 0.958. The van der Waals surface area contributed by atoms with E-state index in [2.05, 4.69) is 15.3 Å². The van der Waals surface area contributed by atoms with Gasteiger partial charge >= 0.3 is 63.5 Å². The van der Waals surface area contributed by atoms with Crippen LogP contribution >= 0.6 is 11.3 Å². The van der Waals surface area contributed by atoms with E-state index in [0.717, 1.165) is 23.6 Å². The van der Waals surface area contributed by atoms with E-state index in [0.29, 0.717) is 12.8 Å². The molecule has 1 fully saturated rings. The van der Waals surface area contributed by atoms with E-state index in [9.17, 15) is 26.7 Å². The van der Waals surface area contributed by atoms with E-state index in [4.69, 9.17) is 4.74 Å². The van der Waals surface area contributed by atoms with Crippen molar-refractivity contribution in [3.8, 4) is 5.75 Å². The van der Waals surface area contributed by atoms with Gasteiger partial charge in [0.05, 0.1) is 11.8 Å². The molecule has 12 heteroatoms. The number of anilines is 1. The molecule has 0 radical (unpaired) electrons. The summed E-state index contributed by atoms with van der Waals surface area (Å²) in [4.78, 5) is 19.2. The molecule has 3 rings (SSSR count). The van der Waals surface area contributed by atoms with Crippen molar-refractivity contribution >= 4 is 74.5 Å². The van der Waals surface area contributed by atoms with Gasteiger partial charge in [0, 0.05) is 11.6 Å². The molecule has 2 heterocycles. The molecule has 1 aliphatic carbocycles. The number of carbonyl (C=O) groups is 1. The Bertz CT molecular complexity index is 784. The van der Waals surface area contributed by atoms with Crippen LogP contribution in [0.3, 0.4) is 0 Å². The Labute approximate surface area is 197 Å². The van der Waals surface area contributed by atoms with Crippen LogP contribution in [-0.4, -0.2) is 79.5 Å². The van der Waals surface area contributed by atoms with Crippen LogP contribution < -0.4 is 10.1 Å². The van der Waals surface area contributed by atoms with Gasteiger partial charge in [0.2, 0.25) is 5.01 Å². The molecule has 0 spiro atoms. The number of ether oxygens (including phenoxy) is 1. The van der Waals surface area contributed by atoms with E-state index in [1.54, 1.807) is 0 Å². The van der Waals surface area contributed by atoms with Gasteiger partial charge in [-0.15, -0.1) is 11.3 Å². The first-order valence-corrected chi connectivity index (χ1v) is 8.36. The molecular weight excluding hydrogens is 420 g/mol. The number of pyridine rings is 1. The van der Waals surface area contributed by atoms with Gasteiger partial charge in [0.25, 0.3) is 6.43 Å². The standard InChI is InChI=1S/C15H12F5N3O2S.K.H/c16-12(17)8-5-10(23-11(7-1-2-7)15(18,19)20)22-6-9(8)25-14(24)13-21-3-4-26-13;;/h3-7,11-12H,1-2H2,(H,22,23);;/t11-;;/m0../s1. The van der Waals surface area contributed by atoms with Gasteiger partial charge in [-0.3, -0.25) is 0 Å². The molecule has 1 aliphatic rings. The zero-order chi connectivity index (χ0) is 18.9. The van der Waals surface area contributed by atoms with Gasteiger partial charge in [-0.25, -0.2) is 23.5 Å². The predicted molar refractivity (Wildman–Crippen MR) is 89.6 cm³/mol. The fourth-order valence-corrected chi connectivity index (χ4v) is 2.83. The molecule has 142 valence electrons. The number of nitrogens with zero attached hydrogens (tertiary/aromatic N) is 2. The van der Waals surface area contributed by atoms with Gasteiger partial charge in [-0.1, -0.05) is 0 Å². The fraction of sp³-hybridized carbons (Fsp3) is 0.400. The van der Waals surface area contributed by atoms with Crippen molar-refractivity contribution in [2.75, 3.05) is 5.32 Å². The van der Waals surface area contributed by atoms with E-state index in [-0.39, 0.29) is 62.2 Å². The van der Waals surface area contributed by atoms with Crippen LogP contribution in [0.1, 0.15) is 34.6 Å². The van der Waals surface area contributed by atoms with Crippen LogP contribution in [0.5, 0.6) is 5.75 Å². The van der Waals surface area contributed by atoms with Crippen LogP contribution in [-0.2, 0) is 0 Å². The van der Waals surface area contributed by atoms with Gasteiger partial charge in [0.1, 0.15) is 11.9 Å². The second kappa shape index (κ2) is 9.22. The van der Waals surface area contributed by atoms with E-state index in [1.165, 1.54) is 11.6 Å². The van der Waals surface area contributed by atoms with Gasteiger partial charge in [-0.05, 0) is 24.8 Å². The Kier molecular flexibility index (Phi) is 7.73. The second-order valence-electron chi connectivity index (χ2n) is 5.64. The molecule has 0 amide bonds. The number of halogens is 5. The zero-order valence-corrected chi connectivity index (χ0v) is 13.8. The van der Waals surface area contributed by atoms with Crippen molar-refractivity contribution in [1.29, 1.82) is 0 Å². The predicted octanol–water partition coefficient (Wildman–Crippen LogP) is 3.80. The SMILES string of the molecule is O=C(Oc1cnc(N[C@@H](C2CC2)C(F)(F)F)cc1C(F)F)c1nccs1.[KH]. The summed E-state index contributed by atoms with van der Waals surface area (Å²) in [6, 6.07) is -1.10. The summed E-state index contributed by atoms with van der Waals surface area (Å²) in [7, 11) is 0. The molecule has 0 aliphatic heterocycles. The number of hydrogen-bond acceptors (Lipinski definition) is 6. The molecule has 1 N–H and O–H groups in total. The quantitative estimate of drug-likeness (QED) is 0.427. The molecule has 2 aromatic rings. The first kappa shape index (κ1) is 22.6. The monoisotopic (exact) mass is 433 g/mol. The first-order chi connectivity index (χ1) is 12.3. The number of carbonyl (C=O) groups excluding carboxylic acids is 1. The van der Waals surface area contributed by atoms with E-state index < -0.39 is 41.8 Å². The van der Waals surface area contributed by atoms with Crippen molar-refractivity contribution in [3.63, 3.8) is 0 Å². The molecule has 1 atom stereocenters. The van der Waals surface area contributed by atoms with Crippen molar-refractivity contribution in [1.82, 2.24) is 9.97 Å². The van der Waals surface area contributed by atoms with Crippen LogP contribution in [0.4, 0.5) is 27.8 Å². The molecule has 5 nitrogen and oxygen atoms in total. The average molecular weight is 433 g/mol. The topological polar surface area (TPSA) is 64.1 Å². The van der Waals surface area contributed by atoms with Gasteiger partial charge < -0.3 is 10.1 Å². The van der Waals surface area contributed by atoms with Gasteiger partial charge in [0.15, 0.2) is 5.75 Å². The van der Waals surface area contributed by atoms with Crippen molar-refractivity contribution < 1.29 is 31.5 Å². The normalized spacial score (nSPS) is 15.2. The summed E-state index contributed by atoms with van der Waals surface area (Å²) in [5.41, 5.74) is -0.732. The van der Waals surface area contributed by atoms with Crippen molar-refractivity contribution in [3.05, 3.63) is 34.4 Å². The minimum atomic E-state index is -4.52. The summed E-state index contributed by atoms with van der Waals surface area (Å²) < 4.78 is 70.5. The summed E-state index contributed by atoms with van der Waals surface area (Å²) in [6.45, 7) is 0. The maximum atomic E-state index is 13.3. The Hall–Kier alpha value is -0.664. The Morgan fingerprint density at radius 3 is 2.52 bits per heavy atom. The molecule has 2 aromatic heterocycles. The second-order valence-corrected chi connectivity index (χ2v) is 6.53. The Morgan fingerprint density at radius 1 is 1.30 bits per heavy atom. The summed E-state index contributed by atoms with van der Waals surface area (Å²) in [5, 5.41) is 3.63. The molecule has 27 heavy (non-hydrogen) atoms. The summed E-state index contributed by atoms with van der Waals surface area (Å²) in [6.07, 6.45) is -4.64. The van der Waals surface area contributed by atoms with Crippen molar-refractivity contribution in [2.24, 2.45) is 5.92 Å². The third-order valence-corrected chi connectivity index (χ3v) is 4.44. The zero-order valence-electron chi connectivity index (χ0n) is 13.0.